The molecule has 0 radical (unpaired) electrons. The normalized spacial score (nSPS) is 15.1. The van der Waals surface area contributed by atoms with E-state index < -0.39 is 0 Å². The highest BCUT2D eigenvalue weighted by molar-refractivity contribution is 5.87. The lowest BCUT2D eigenvalue weighted by Crippen LogP contribution is -2.27. The van der Waals surface area contributed by atoms with Crippen LogP contribution in [0.2, 0.25) is 0 Å². The Morgan fingerprint density at radius 1 is 1.24 bits per heavy atom. The maximum Gasteiger partial charge on any atom is 0.353 e. The van der Waals surface area contributed by atoms with Crippen LogP contribution in [0.3, 0.4) is 0 Å². The third-order valence-electron chi connectivity index (χ3n) is 2.72. The third kappa shape index (κ3) is 8.14. The number of nitrogens with zero attached hydrogens (tertiary/aromatic N) is 1. The van der Waals surface area contributed by atoms with E-state index in [-0.39, 0.29) is 18.0 Å². The summed E-state index contributed by atoms with van der Waals surface area (Å²) < 4.78 is 14.1. The molecule has 0 aromatic rings. The van der Waals surface area contributed by atoms with Gasteiger partial charge in [-0.15, -0.1) is 0 Å². The van der Waals surface area contributed by atoms with Crippen molar-refractivity contribution in [2.24, 2.45) is 0 Å². The van der Waals surface area contributed by atoms with Crippen LogP contribution in [-0.4, -0.2) is 56.4 Å². The van der Waals surface area contributed by atoms with Crippen molar-refractivity contribution in [2.75, 3.05) is 33.4 Å². The lowest BCUT2D eigenvalue weighted by Gasteiger charge is -2.20. The van der Waals surface area contributed by atoms with Crippen molar-refractivity contribution in [3.8, 4) is 0 Å². The molecule has 0 amide bonds. The Labute approximate surface area is 126 Å². The second kappa shape index (κ2) is 9.99. The Balaban J connectivity index is 0.000000382. The van der Waals surface area contributed by atoms with Crippen molar-refractivity contribution in [3.63, 3.8) is 0 Å². The number of rotatable bonds is 7. The molecule has 6 heteroatoms. The van der Waals surface area contributed by atoms with Crippen LogP contribution in [0, 0.1) is 0 Å². The fourth-order valence-electron chi connectivity index (χ4n) is 1.31. The number of carbonyl (C=O) groups excluding carboxylic acids is 2. The maximum absolute atomic E-state index is 10.9. The lowest BCUT2D eigenvalue weighted by molar-refractivity contribution is -0.139. The minimum Gasteiger partial charge on any atom is -0.464 e. The van der Waals surface area contributed by atoms with E-state index in [1.165, 1.54) is 7.11 Å². The molecule has 0 aromatic carbocycles. The van der Waals surface area contributed by atoms with E-state index in [2.05, 4.69) is 17.9 Å². The van der Waals surface area contributed by atoms with Crippen LogP contribution in [0.1, 0.15) is 20.8 Å². The third-order valence-corrected chi connectivity index (χ3v) is 2.72. The molecule has 0 aromatic heterocycles. The first kappa shape index (κ1) is 19.2. The number of hydrogen-bond acceptors (Lipinski definition) is 6. The number of hydrogen-bond donors (Lipinski definition) is 0. The molecule has 1 fully saturated rings. The van der Waals surface area contributed by atoms with Gasteiger partial charge in [-0.25, -0.2) is 9.59 Å². The Bertz CT molecular complexity index is 384. The number of methoxy groups -OCH3 is 1. The monoisotopic (exact) mass is 299 g/mol. The number of esters is 2. The summed E-state index contributed by atoms with van der Waals surface area (Å²) in [6.45, 7) is 15.3. The average molecular weight is 299 g/mol. The van der Waals surface area contributed by atoms with E-state index in [9.17, 15) is 9.59 Å². The molecule has 120 valence electrons. The van der Waals surface area contributed by atoms with Gasteiger partial charge in [0.25, 0.3) is 0 Å². The summed E-state index contributed by atoms with van der Waals surface area (Å²) in [5.41, 5.74) is 0.859. The van der Waals surface area contributed by atoms with Crippen LogP contribution in [0.4, 0.5) is 0 Å². The predicted octanol–water partition coefficient (Wildman–Crippen LogP) is 1.52. The van der Waals surface area contributed by atoms with E-state index in [4.69, 9.17) is 9.47 Å². The van der Waals surface area contributed by atoms with E-state index >= 15 is 0 Å². The van der Waals surface area contributed by atoms with Gasteiger partial charge in [0.1, 0.15) is 18.4 Å². The zero-order valence-corrected chi connectivity index (χ0v) is 13.3. The Morgan fingerprint density at radius 2 is 1.76 bits per heavy atom. The molecule has 6 nitrogen and oxygen atoms in total. The summed E-state index contributed by atoms with van der Waals surface area (Å²) in [5.74, 6) is -0.691. The van der Waals surface area contributed by atoms with Gasteiger partial charge in [-0.05, 0) is 20.8 Å². The highest BCUT2D eigenvalue weighted by Gasteiger charge is 2.24. The quantitative estimate of drug-likeness (QED) is 0.403. The van der Waals surface area contributed by atoms with Crippen LogP contribution in [0.15, 0.2) is 24.4 Å². The summed E-state index contributed by atoms with van der Waals surface area (Å²) in [5, 5.41) is 0. The van der Waals surface area contributed by atoms with Gasteiger partial charge in [-0.3, -0.25) is 0 Å². The maximum atomic E-state index is 10.9. The van der Waals surface area contributed by atoms with Crippen LogP contribution in [0.5, 0.6) is 0 Å². The number of carbonyl (C=O) groups is 2. The van der Waals surface area contributed by atoms with E-state index in [1.807, 2.05) is 18.7 Å². The first-order chi connectivity index (χ1) is 9.87. The summed E-state index contributed by atoms with van der Waals surface area (Å²) in [4.78, 5) is 23.5. The molecule has 21 heavy (non-hydrogen) atoms. The predicted molar refractivity (Wildman–Crippen MR) is 79.6 cm³/mol. The van der Waals surface area contributed by atoms with Crippen molar-refractivity contribution >= 4 is 11.9 Å². The van der Waals surface area contributed by atoms with Gasteiger partial charge in [-0.2, -0.15) is 0 Å². The summed E-state index contributed by atoms with van der Waals surface area (Å²) >= 11 is 0. The first-order valence-electron chi connectivity index (χ1n) is 6.83. The van der Waals surface area contributed by atoms with Crippen molar-refractivity contribution in [1.29, 1.82) is 0 Å². The van der Waals surface area contributed by atoms with Gasteiger partial charge in [0.15, 0.2) is 0 Å². The zero-order chi connectivity index (χ0) is 16.4. The molecule has 0 aliphatic carbocycles. The molecule has 0 saturated carbocycles. The van der Waals surface area contributed by atoms with E-state index in [0.717, 1.165) is 13.1 Å². The Morgan fingerprint density at radius 3 is 2.10 bits per heavy atom. The summed E-state index contributed by atoms with van der Waals surface area (Å²) in [6, 6.07) is 0. The molecule has 1 saturated heterocycles. The minimum absolute atomic E-state index is 0.142. The molecule has 1 unspecified atom stereocenters. The van der Waals surface area contributed by atoms with Crippen LogP contribution in [0.25, 0.3) is 0 Å². The van der Waals surface area contributed by atoms with Gasteiger partial charge in [0.05, 0.1) is 13.7 Å². The molecule has 1 aliphatic rings. The molecular weight excluding hydrogens is 274 g/mol. The van der Waals surface area contributed by atoms with Crippen molar-refractivity contribution in [1.82, 2.24) is 4.90 Å². The first-order valence-corrected chi connectivity index (χ1v) is 6.83. The average Bonchev–Trinajstić information content (AvgIpc) is 3.29. The molecular formula is C15H25NO5. The number of ether oxygens (including phenoxy) is 3. The molecule has 1 rings (SSSR count). The minimum atomic E-state index is -0.353. The van der Waals surface area contributed by atoms with Gasteiger partial charge in [0.2, 0.25) is 0 Å². The number of epoxide rings is 1. The molecule has 0 spiro atoms. The van der Waals surface area contributed by atoms with Gasteiger partial charge in [-0.1, -0.05) is 13.2 Å². The van der Waals surface area contributed by atoms with E-state index in [0.29, 0.717) is 24.5 Å². The van der Waals surface area contributed by atoms with Gasteiger partial charge in [0, 0.05) is 18.7 Å². The molecule has 0 bridgehead atoms. The SMILES string of the molecule is C=C(C(=O)OC)N(CC)CC.C=C(C)C(=O)OCC1CO1. The second-order valence-electron chi connectivity index (χ2n) is 4.44. The van der Waals surface area contributed by atoms with Crippen LogP contribution in [-0.2, 0) is 23.8 Å². The number of likely N-dealkylation sites (N-methyl/N-ethyl adjacent to an activating group) is 1. The van der Waals surface area contributed by atoms with Crippen molar-refractivity contribution < 1.29 is 23.8 Å². The molecule has 0 N–H and O–H groups in total. The zero-order valence-electron chi connectivity index (χ0n) is 13.3. The van der Waals surface area contributed by atoms with Gasteiger partial charge >= 0.3 is 11.9 Å². The topological polar surface area (TPSA) is 68.4 Å². The highest BCUT2D eigenvalue weighted by Crippen LogP contribution is 2.09. The molecule has 1 atom stereocenters. The standard InChI is InChI=1S/C8H15NO2.C7H10O3/c1-5-9(6-2)7(3)8(10)11-4;1-5(2)7(8)10-4-6-3-9-6/h3,5-6H2,1-2,4H3;6H,1,3-4H2,2H3. The molecule has 1 aliphatic heterocycles. The van der Waals surface area contributed by atoms with Crippen molar-refractivity contribution in [2.45, 2.75) is 26.9 Å². The Hall–Kier alpha value is -1.82. The largest absolute Gasteiger partial charge is 0.464 e. The summed E-state index contributed by atoms with van der Waals surface area (Å²) in [6.07, 6.45) is 0.142. The smallest absolute Gasteiger partial charge is 0.353 e. The fourth-order valence-corrected chi connectivity index (χ4v) is 1.31. The molecule has 1 heterocycles. The Kier molecular flexibility index (Phi) is 9.12. The van der Waals surface area contributed by atoms with E-state index in [1.54, 1.807) is 6.92 Å². The fraction of sp³-hybridized carbons (Fsp3) is 0.600. The van der Waals surface area contributed by atoms with Gasteiger partial charge < -0.3 is 19.1 Å². The van der Waals surface area contributed by atoms with Crippen molar-refractivity contribution in [3.05, 3.63) is 24.4 Å². The summed E-state index contributed by atoms with van der Waals surface area (Å²) in [7, 11) is 1.36. The van der Waals surface area contributed by atoms with Crippen LogP contribution >= 0.6 is 0 Å². The highest BCUT2D eigenvalue weighted by atomic mass is 16.6. The lowest BCUT2D eigenvalue weighted by atomic mass is 10.4. The van der Waals surface area contributed by atoms with Crippen LogP contribution < -0.4 is 0 Å². The second-order valence-corrected chi connectivity index (χ2v) is 4.44.